The number of aryl methyl sites for hydroxylation is 1. The molecule has 2 aliphatic heterocycles. The van der Waals surface area contributed by atoms with Gasteiger partial charge < -0.3 is 34.5 Å². The van der Waals surface area contributed by atoms with Crippen LogP contribution in [-0.4, -0.2) is 96.6 Å². The summed E-state index contributed by atoms with van der Waals surface area (Å²) < 4.78 is 24.2. The summed E-state index contributed by atoms with van der Waals surface area (Å²) in [5, 5.41) is 7.58. The summed E-state index contributed by atoms with van der Waals surface area (Å²) in [4.78, 5) is 40.4. The molecule has 12 nitrogen and oxygen atoms in total. The lowest BCUT2D eigenvalue weighted by molar-refractivity contribution is -0.139. The van der Waals surface area contributed by atoms with Crippen molar-refractivity contribution < 1.29 is 23.6 Å². The Morgan fingerprint density at radius 1 is 1.06 bits per heavy atom. The molecule has 1 aromatic heterocycles. The van der Waals surface area contributed by atoms with Crippen LogP contribution in [0.15, 0.2) is 42.6 Å². The highest BCUT2D eigenvalue weighted by Gasteiger charge is 2.35. The van der Waals surface area contributed by atoms with Gasteiger partial charge in [-0.2, -0.15) is 4.98 Å². The van der Waals surface area contributed by atoms with Crippen molar-refractivity contribution in [3.63, 3.8) is 0 Å². The monoisotopic (exact) mass is 711 g/mol. The van der Waals surface area contributed by atoms with Gasteiger partial charge in [0.1, 0.15) is 30.1 Å². The lowest BCUT2D eigenvalue weighted by atomic mass is 9.99. The fourth-order valence-corrected chi connectivity index (χ4v) is 7.54. The molecule has 49 heavy (non-hydrogen) atoms. The van der Waals surface area contributed by atoms with Crippen LogP contribution < -0.4 is 25.6 Å². The number of amides is 2. The highest BCUT2D eigenvalue weighted by molar-refractivity contribution is 7.70. The van der Waals surface area contributed by atoms with Gasteiger partial charge in [0.2, 0.25) is 11.9 Å². The van der Waals surface area contributed by atoms with Gasteiger partial charge in [-0.3, -0.25) is 9.69 Å². The Morgan fingerprint density at radius 3 is 2.41 bits per heavy atom. The lowest BCUT2D eigenvalue weighted by Crippen LogP contribution is -2.57. The Hall–Kier alpha value is -4.02. The van der Waals surface area contributed by atoms with Crippen molar-refractivity contribution in [2.24, 2.45) is 0 Å². The molecular weight excluding hydrogens is 665 g/mol. The van der Waals surface area contributed by atoms with Gasteiger partial charge in [0, 0.05) is 49.3 Å². The number of hydrogen-bond acceptors (Lipinski definition) is 10. The molecule has 14 heteroatoms. The number of hydrogen-bond donors (Lipinski definition) is 2. The number of anilines is 5. The smallest absolute Gasteiger partial charge is 0.410 e. The summed E-state index contributed by atoms with van der Waals surface area (Å²) in [5.41, 5.74) is 3.00. The van der Waals surface area contributed by atoms with E-state index >= 15 is 0 Å². The van der Waals surface area contributed by atoms with Crippen LogP contribution in [0.1, 0.15) is 46.1 Å². The predicted octanol–water partition coefficient (Wildman–Crippen LogP) is 6.48. The summed E-state index contributed by atoms with van der Waals surface area (Å²) in [6.45, 7) is 13.6. The first-order valence-corrected chi connectivity index (χ1v) is 19.6. The quantitative estimate of drug-likeness (QED) is 0.238. The summed E-state index contributed by atoms with van der Waals surface area (Å²) in [7, 11) is -0.926. The van der Waals surface area contributed by atoms with Gasteiger partial charge in [0.25, 0.3) is 0 Å². The minimum absolute atomic E-state index is 0.0374. The van der Waals surface area contributed by atoms with Crippen LogP contribution in [0.4, 0.5) is 33.6 Å². The molecule has 0 bridgehead atoms. The number of para-hydroxylation sites is 1. The number of halogens is 1. The Labute approximate surface area is 293 Å². The van der Waals surface area contributed by atoms with Crippen LogP contribution in [0.2, 0.25) is 5.02 Å². The highest BCUT2D eigenvalue weighted by atomic mass is 35.5. The van der Waals surface area contributed by atoms with Crippen LogP contribution in [0.3, 0.4) is 0 Å². The molecule has 2 aromatic carbocycles. The Morgan fingerprint density at radius 2 is 1.78 bits per heavy atom. The zero-order chi connectivity index (χ0) is 35.5. The first-order valence-electron chi connectivity index (χ1n) is 16.6. The third-order valence-electron chi connectivity index (χ3n) is 8.66. The molecule has 2 saturated heterocycles. The lowest BCUT2D eigenvalue weighted by Gasteiger charge is -2.43. The fraction of sp³-hybridized carbons (Fsp3) is 0.486. The topological polar surface area (TPSA) is 129 Å². The van der Waals surface area contributed by atoms with Gasteiger partial charge in [-0.05, 0) is 77.1 Å². The van der Waals surface area contributed by atoms with E-state index in [-0.39, 0.29) is 18.5 Å². The molecule has 5 rings (SSSR count). The standard InChI is InChI=1S/C35H47ClN7O5P/c1-8-23-19-27(39-33-37-21-25(36)32(40-33)38-26-11-9-10-12-30(26)49(6,7)46)29(47-5)20-28(23)41-15-13-24(14-16-41)43-18-17-42(22-31(43)44)34(45)48-35(2,3)4/h9-12,19-21,24H,8,13-18,22H2,1-7H3,(H2,37,38,39,40). The number of rotatable bonds is 9. The van der Waals surface area contributed by atoms with E-state index in [9.17, 15) is 14.2 Å². The second-order valence-electron chi connectivity index (χ2n) is 13.8. The normalized spacial score (nSPS) is 16.1. The molecule has 0 saturated carbocycles. The first-order chi connectivity index (χ1) is 23.2. The maximum atomic E-state index is 13.1. The number of ether oxygens (including phenoxy) is 2. The maximum absolute atomic E-state index is 13.1. The molecule has 0 aliphatic carbocycles. The third-order valence-corrected chi connectivity index (χ3v) is 10.5. The van der Waals surface area contributed by atoms with Gasteiger partial charge >= 0.3 is 6.09 Å². The van der Waals surface area contributed by atoms with Gasteiger partial charge in [0.15, 0.2) is 5.82 Å². The molecule has 2 N–H and O–H groups in total. The van der Waals surface area contributed by atoms with E-state index in [4.69, 9.17) is 21.1 Å². The van der Waals surface area contributed by atoms with E-state index in [2.05, 4.69) is 38.5 Å². The number of methoxy groups -OCH3 is 1. The number of carbonyl (C=O) groups is 2. The van der Waals surface area contributed by atoms with Gasteiger partial charge in [-0.1, -0.05) is 30.7 Å². The fourth-order valence-electron chi connectivity index (χ4n) is 6.24. The Balaban J connectivity index is 1.27. The van der Waals surface area contributed by atoms with Crippen molar-refractivity contribution in [1.82, 2.24) is 19.8 Å². The second kappa shape index (κ2) is 14.8. The zero-order valence-corrected chi connectivity index (χ0v) is 31.0. The van der Waals surface area contributed by atoms with Crippen molar-refractivity contribution in [1.29, 1.82) is 0 Å². The Kier molecular flexibility index (Phi) is 11.0. The van der Waals surface area contributed by atoms with E-state index in [1.54, 1.807) is 20.4 Å². The van der Waals surface area contributed by atoms with E-state index in [1.807, 2.05) is 56.0 Å². The van der Waals surface area contributed by atoms with Crippen LogP contribution in [0.5, 0.6) is 5.75 Å². The molecule has 2 fully saturated rings. The number of piperazine rings is 1. The molecule has 0 spiro atoms. The number of nitrogens with zero attached hydrogens (tertiary/aromatic N) is 5. The zero-order valence-electron chi connectivity index (χ0n) is 29.4. The van der Waals surface area contributed by atoms with Gasteiger partial charge in [-0.15, -0.1) is 0 Å². The second-order valence-corrected chi connectivity index (χ2v) is 17.3. The largest absolute Gasteiger partial charge is 0.494 e. The molecule has 3 heterocycles. The number of carbonyl (C=O) groups excluding carboxylic acids is 2. The molecule has 3 aromatic rings. The van der Waals surface area contributed by atoms with Crippen LogP contribution in [-0.2, 0) is 20.5 Å². The number of piperidine rings is 1. The van der Waals surface area contributed by atoms with Crippen molar-refractivity contribution >= 4 is 64.9 Å². The van der Waals surface area contributed by atoms with Crippen molar-refractivity contribution in [2.45, 2.75) is 58.6 Å². The molecular formula is C35H47ClN7O5P. The first kappa shape index (κ1) is 36.3. The molecule has 0 unspecified atom stereocenters. The van der Waals surface area contributed by atoms with Crippen molar-refractivity contribution in [3.05, 3.63) is 53.2 Å². The van der Waals surface area contributed by atoms with E-state index in [0.717, 1.165) is 43.6 Å². The van der Waals surface area contributed by atoms with E-state index < -0.39 is 18.8 Å². The Bertz CT molecular complexity index is 1740. The van der Waals surface area contributed by atoms with Crippen LogP contribution in [0, 0.1) is 0 Å². The number of aromatic nitrogens is 2. The summed E-state index contributed by atoms with van der Waals surface area (Å²) in [6, 6.07) is 11.6. The van der Waals surface area contributed by atoms with Crippen LogP contribution in [0.25, 0.3) is 0 Å². The number of benzene rings is 2. The average Bonchev–Trinajstić information content (AvgIpc) is 3.05. The van der Waals surface area contributed by atoms with Gasteiger partial charge in [0.05, 0.1) is 24.7 Å². The number of nitrogens with one attached hydrogen (secondary N) is 2. The summed E-state index contributed by atoms with van der Waals surface area (Å²) >= 11 is 6.48. The molecule has 264 valence electrons. The van der Waals surface area contributed by atoms with Crippen LogP contribution >= 0.6 is 18.7 Å². The predicted molar refractivity (Wildman–Crippen MR) is 196 cm³/mol. The van der Waals surface area contributed by atoms with Crippen molar-refractivity contribution in [2.75, 3.05) is 68.7 Å². The maximum Gasteiger partial charge on any atom is 0.410 e. The minimum Gasteiger partial charge on any atom is -0.494 e. The highest BCUT2D eigenvalue weighted by Crippen LogP contribution is 2.40. The third kappa shape index (κ3) is 8.78. The summed E-state index contributed by atoms with van der Waals surface area (Å²) in [6.07, 6.45) is 3.52. The minimum atomic E-state index is -2.56. The SMILES string of the molecule is CCc1cc(Nc2ncc(Cl)c(Nc3ccccc3P(C)(C)=O)n2)c(OC)cc1N1CCC(N2CCN(C(=O)OC(C)(C)C)CC2=O)CC1. The molecule has 2 amide bonds. The van der Waals surface area contributed by atoms with E-state index in [1.165, 1.54) is 11.1 Å². The average molecular weight is 712 g/mol. The van der Waals surface area contributed by atoms with E-state index in [0.29, 0.717) is 52.3 Å². The molecule has 0 radical (unpaired) electrons. The van der Waals surface area contributed by atoms with Crippen molar-refractivity contribution in [3.8, 4) is 5.75 Å². The summed E-state index contributed by atoms with van der Waals surface area (Å²) in [5.74, 6) is 1.31. The molecule has 0 atom stereocenters. The van der Waals surface area contributed by atoms with Gasteiger partial charge in [-0.25, -0.2) is 9.78 Å². The molecule has 2 aliphatic rings.